The molecule has 96 valence electrons. The van der Waals surface area contributed by atoms with Gasteiger partial charge in [-0.2, -0.15) is 0 Å². The van der Waals surface area contributed by atoms with Crippen LogP contribution >= 0.6 is 0 Å². The van der Waals surface area contributed by atoms with Gasteiger partial charge in [-0.3, -0.25) is 0 Å². The zero-order valence-electron chi connectivity index (χ0n) is 11.0. The van der Waals surface area contributed by atoms with Crippen LogP contribution in [0.5, 0.6) is 0 Å². The lowest BCUT2D eigenvalue weighted by molar-refractivity contribution is 0.287. The molecule has 1 fully saturated rings. The largest absolute Gasteiger partial charge is 0.310 e. The highest BCUT2D eigenvalue weighted by Gasteiger charge is 2.41. The molecule has 2 aliphatic rings. The quantitative estimate of drug-likeness (QED) is 0.809. The van der Waals surface area contributed by atoms with Gasteiger partial charge in [-0.1, -0.05) is 54.6 Å². The third-order valence-corrected chi connectivity index (χ3v) is 4.76. The van der Waals surface area contributed by atoms with Crippen LogP contribution in [0.1, 0.15) is 41.5 Å². The molecule has 0 amide bonds. The van der Waals surface area contributed by atoms with Crippen molar-refractivity contribution in [3.63, 3.8) is 0 Å². The maximum atomic E-state index is 3.74. The van der Waals surface area contributed by atoms with Crippen molar-refractivity contribution < 1.29 is 0 Å². The standard InChI is InChI=1S/C18H19N/c1-2-7-13(8-3-1)17-14-9-4-5-10-15(14)18-16(17)11-6-12-19-18/h1-5,7-10,16-19H,6,11-12H2/t16-,17+,18?/m0/s1. The Morgan fingerprint density at radius 2 is 1.58 bits per heavy atom. The number of nitrogens with one attached hydrogen (secondary N) is 1. The number of hydrogen-bond donors (Lipinski definition) is 1. The SMILES string of the molecule is c1ccc([C@@H]2c3ccccc3C3NCCC[C@H]32)cc1. The summed E-state index contributed by atoms with van der Waals surface area (Å²) in [7, 11) is 0. The highest BCUT2D eigenvalue weighted by Crippen LogP contribution is 2.51. The fraction of sp³-hybridized carbons (Fsp3) is 0.333. The Balaban J connectivity index is 1.85. The normalized spacial score (nSPS) is 28.7. The summed E-state index contributed by atoms with van der Waals surface area (Å²) >= 11 is 0. The number of piperidine rings is 1. The van der Waals surface area contributed by atoms with Crippen molar-refractivity contribution in [3.05, 3.63) is 71.3 Å². The number of hydrogen-bond acceptors (Lipinski definition) is 1. The Hall–Kier alpha value is -1.60. The van der Waals surface area contributed by atoms with Gasteiger partial charge in [0.1, 0.15) is 0 Å². The molecule has 1 aliphatic heterocycles. The molecule has 0 radical (unpaired) electrons. The molecular formula is C18H19N. The van der Waals surface area contributed by atoms with Crippen molar-refractivity contribution in [1.29, 1.82) is 0 Å². The van der Waals surface area contributed by atoms with Gasteiger partial charge < -0.3 is 5.32 Å². The topological polar surface area (TPSA) is 12.0 Å². The molecule has 2 aromatic rings. The molecule has 1 heteroatoms. The predicted molar refractivity (Wildman–Crippen MR) is 78.2 cm³/mol. The van der Waals surface area contributed by atoms with Gasteiger partial charge in [0.25, 0.3) is 0 Å². The van der Waals surface area contributed by atoms with E-state index in [1.54, 1.807) is 0 Å². The molecular weight excluding hydrogens is 230 g/mol. The Kier molecular flexibility index (Phi) is 2.66. The second-order valence-electron chi connectivity index (χ2n) is 5.76. The van der Waals surface area contributed by atoms with Gasteiger partial charge in [0.05, 0.1) is 0 Å². The van der Waals surface area contributed by atoms with Crippen LogP contribution in [-0.4, -0.2) is 6.54 Å². The Labute approximate surface area is 114 Å². The van der Waals surface area contributed by atoms with Crippen molar-refractivity contribution in [1.82, 2.24) is 5.32 Å². The Morgan fingerprint density at radius 1 is 0.842 bits per heavy atom. The van der Waals surface area contributed by atoms with Crippen LogP contribution < -0.4 is 5.32 Å². The minimum Gasteiger partial charge on any atom is -0.310 e. The minimum atomic E-state index is 0.565. The van der Waals surface area contributed by atoms with E-state index in [-0.39, 0.29) is 0 Å². The van der Waals surface area contributed by atoms with Gasteiger partial charge in [-0.15, -0.1) is 0 Å². The predicted octanol–water partition coefficient (Wildman–Crippen LogP) is 3.87. The van der Waals surface area contributed by atoms with Crippen LogP contribution in [0.3, 0.4) is 0 Å². The van der Waals surface area contributed by atoms with E-state index in [0.29, 0.717) is 12.0 Å². The molecule has 1 unspecified atom stereocenters. The van der Waals surface area contributed by atoms with Crippen LogP contribution in [0.25, 0.3) is 0 Å². The molecule has 0 spiro atoms. The highest BCUT2D eigenvalue weighted by atomic mass is 14.9. The first-order valence-electron chi connectivity index (χ1n) is 7.32. The zero-order valence-corrected chi connectivity index (χ0v) is 11.0. The van der Waals surface area contributed by atoms with Gasteiger partial charge in [0.2, 0.25) is 0 Å². The summed E-state index contributed by atoms with van der Waals surface area (Å²) < 4.78 is 0. The highest BCUT2D eigenvalue weighted by molar-refractivity contribution is 5.46. The fourth-order valence-corrected chi connectivity index (χ4v) is 4.01. The molecule has 0 aromatic heterocycles. The number of rotatable bonds is 1. The summed E-state index contributed by atoms with van der Waals surface area (Å²) in [5.41, 5.74) is 4.55. The van der Waals surface area contributed by atoms with Crippen LogP contribution in [0.4, 0.5) is 0 Å². The smallest absolute Gasteiger partial charge is 0.0360 e. The fourth-order valence-electron chi connectivity index (χ4n) is 4.01. The molecule has 1 N–H and O–H groups in total. The first-order chi connectivity index (χ1) is 9.45. The molecule has 1 heterocycles. The van der Waals surface area contributed by atoms with E-state index in [4.69, 9.17) is 0 Å². The summed E-state index contributed by atoms with van der Waals surface area (Å²) in [6.45, 7) is 1.16. The van der Waals surface area contributed by atoms with Gasteiger partial charge in [0.15, 0.2) is 0 Å². The molecule has 2 aromatic carbocycles. The van der Waals surface area contributed by atoms with Crippen molar-refractivity contribution >= 4 is 0 Å². The van der Waals surface area contributed by atoms with Crippen LogP contribution in [-0.2, 0) is 0 Å². The van der Waals surface area contributed by atoms with E-state index in [0.717, 1.165) is 12.5 Å². The van der Waals surface area contributed by atoms with Crippen LogP contribution in [0, 0.1) is 5.92 Å². The second-order valence-corrected chi connectivity index (χ2v) is 5.76. The third-order valence-electron chi connectivity index (χ3n) is 4.76. The van der Waals surface area contributed by atoms with Gasteiger partial charge >= 0.3 is 0 Å². The average Bonchev–Trinajstić information content (AvgIpc) is 2.83. The van der Waals surface area contributed by atoms with Crippen LogP contribution in [0.15, 0.2) is 54.6 Å². The van der Waals surface area contributed by atoms with Crippen LogP contribution in [0.2, 0.25) is 0 Å². The number of fused-ring (bicyclic) bond motifs is 3. The molecule has 4 rings (SSSR count). The summed E-state index contributed by atoms with van der Waals surface area (Å²) in [5, 5.41) is 3.74. The first-order valence-corrected chi connectivity index (χ1v) is 7.32. The van der Waals surface area contributed by atoms with E-state index in [1.165, 1.54) is 29.5 Å². The van der Waals surface area contributed by atoms with Crippen molar-refractivity contribution in [2.75, 3.05) is 6.54 Å². The molecule has 3 atom stereocenters. The lowest BCUT2D eigenvalue weighted by Gasteiger charge is -2.31. The van der Waals surface area contributed by atoms with Crippen molar-refractivity contribution in [2.24, 2.45) is 5.92 Å². The molecule has 1 aliphatic carbocycles. The van der Waals surface area contributed by atoms with E-state index in [1.807, 2.05) is 0 Å². The third kappa shape index (κ3) is 1.73. The maximum Gasteiger partial charge on any atom is 0.0360 e. The minimum absolute atomic E-state index is 0.565. The van der Waals surface area contributed by atoms with E-state index >= 15 is 0 Å². The molecule has 0 bridgehead atoms. The first kappa shape index (κ1) is 11.2. The Morgan fingerprint density at radius 3 is 2.42 bits per heavy atom. The van der Waals surface area contributed by atoms with Gasteiger partial charge in [-0.05, 0) is 42.0 Å². The molecule has 0 saturated carbocycles. The average molecular weight is 249 g/mol. The summed E-state index contributed by atoms with van der Waals surface area (Å²) in [4.78, 5) is 0. The van der Waals surface area contributed by atoms with Crippen molar-refractivity contribution in [3.8, 4) is 0 Å². The molecule has 1 nitrogen and oxygen atoms in total. The van der Waals surface area contributed by atoms with Crippen molar-refractivity contribution in [2.45, 2.75) is 24.8 Å². The van der Waals surface area contributed by atoms with Gasteiger partial charge in [0, 0.05) is 12.0 Å². The van der Waals surface area contributed by atoms with E-state index < -0.39 is 0 Å². The van der Waals surface area contributed by atoms with E-state index in [2.05, 4.69) is 59.9 Å². The summed E-state index contributed by atoms with van der Waals surface area (Å²) in [6.07, 6.45) is 2.64. The monoisotopic (exact) mass is 249 g/mol. The van der Waals surface area contributed by atoms with E-state index in [9.17, 15) is 0 Å². The molecule has 19 heavy (non-hydrogen) atoms. The summed E-state index contributed by atoms with van der Waals surface area (Å²) in [6, 6.07) is 20.6. The lowest BCUT2D eigenvalue weighted by atomic mass is 9.80. The lowest BCUT2D eigenvalue weighted by Crippen LogP contribution is -2.32. The maximum absolute atomic E-state index is 3.74. The number of benzene rings is 2. The van der Waals surface area contributed by atoms with Gasteiger partial charge in [-0.25, -0.2) is 0 Å². The zero-order chi connectivity index (χ0) is 12.7. The summed E-state index contributed by atoms with van der Waals surface area (Å²) in [5.74, 6) is 1.31. The molecule has 1 saturated heterocycles. The Bertz CT molecular complexity index is 575. The second kappa shape index (κ2) is 4.50.